The Hall–Kier alpha value is -0.220. The lowest BCUT2D eigenvalue weighted by Gasteiger charge is -2.23. The molecule has 12 heavy (non-hydrogen) atoms. The van der Waals surface area contributed by atoms with Gasteiger partial charge in [-0.15, -0.1) is 0 Å². The van der Waals surface area contributed by atoms with Crippen LogP contribution in [-0.2, 0) is 0 Å². The molecule has 72 valence electrons. The van der Waals surface area contributed by atoms with Crippen molar-refractivity contribution in [2.45, 2.75) is 19.4 Å². The van der Waals surface area contributed by atoms with Crippen molar-refractivity contribution in [3.05, 3.63) is 0 Å². The highest BCUT2D eigenvalue weighted by Gasteiger charge is 2.08. The van der Waals surface area contributed by atoms with E-state index in [1.807, 2.05) is 18.8 Å². The molecule has 4 heteroatoms. The first-order chi connectivity index (χ1) is 5.57. The lowest BCUT2D eigenvalue weighted by molar-refractivity contribution is 0.286. The topological polar surface area (TPSA) is 53.1 Å². The fraction of sp³-hybridized carbons (Fsp3) is 0.875. The Morgan fingerprint density at radius 3 is 2.67 bits per heavy atom. The van der Waals surface area contributed by atoms with E-state index in [4.69, 9.17) is 11.1 Å². The lowest BCUT2D eigenvalue weighted by Crippen LogP contribution is -2.36. The number of hydrogen-bond donors (Lipinski definition) is 2. The summed E-state index contributed by atoms with van der Waals surface area (Å²) in [6.45, 7) is 2.74. The van der Waals surface area contributed by atoms with Crippen molar-refractivity contribution < 1.29 is 0 Å². The zero-order valence-corrected chi connectivity index (χ0v) is 8.95. The SMILES string of the molecule is CSCCC(C)N(C)CC(=N)N. The minimum absolute atomic E-state index is 0.244. The van der Waals surface area contributed by atoms with E-state index in [-0.39, 0.29) is 5.84 Å². The number of hydrogen-bond acceptors (Lipinski definition) is 3. The molecular formula is C8H19N3S. The van der Waals surface area contributed by atoms with Gasteiger partial charge in [0.25, 0.3) is 0 Å². The third-order valence-electron chi connectivity index (χ3n) is 1.91. The van der Waals surface area contributed by atoms with Crippen LogP contribution < -0.4 is 5.73 Å². The third kappa shape index (κ3) is 5.43. The molecule has 0 bridgehead atoms. The van der Waals surface area contributed by atoms with Gasteiger partial charge in [-0.25, -0.2) is 0 Å². The van der Waals surface area contributed by atoms with Crippen molar-refractivity contribution in [1.29, 1.82) is 5.41 Å². The fourth-order valence-electron chi connectivity index (χ4n) is 0.933. The number of likely N-dealkylation sites (N-methyl/N-ethyl adjacent to an activating group) is 1. The maximum atomic E-state index is 7.13. The van der Waals surface area contributed by atoms with Crippen LogP contribution in [0.1, 0.15) is 13.3 Å². The second kappa shape index (κ2) is 6.31. The summed E-state index contributed by atoms with van der Waals surface area (Å²) in [5.41, 5.74) is 5.30. The Balaban J connectivity index is 3.60. The van der Waals surface area contributed by atoms with Crippen LogP contribution in [0.5, 0.6) is 0 Å². The standard InChI is InChI=1S/C8H19N3S/c1-7(4-5-12-3)11(2)6-8(9)10/h7H,4-6H2,1-3H3,(H3,9,10). The van der Waals surface area contributed by atoms with E-state index in [1.54, 1.807) is 0 Å². The molecule has 0 aliphatic heterocycles. The molecule has 0 spiro atoms. The van der Waals surface area contributed by atoms with Crippen molar-refractivity contribution in [2.75, 3.05) is 25.6 Å². The zero-order valence-electron chi connectivity index (χ0n) is 8.13. The average Bonchev–Trinajstić information content (AvgIpc) is 1.98. The Bertz CT molecular complexity index is 138. The number of rotatable bonds is 6. The maximum Gasteiger partial charge on any atom is 0.105 e. The minimum atomic E-state index is 0.244. The lowest BCUT2D eigenvalue weighted by atomic mass is 10.2. The first-order valence-electron chi connectivity index (χ1n) is 4.10. The number of nitrogens with one attached hydrogen (secondary N) is 1. The summed E-state index contributed by atoms with van der Waals surface area (Å²) in [5, 5.41) is 7.13. The second-order valence-corrected chi connectivity index (χ2v) is 4.06. The highest BCUT2D eigenvalue weighted by molar-refractivity contribution is 7.98. The second-order valence-electron chi connectivity index (χ2n) is 3.07. The van der Waals surface area contributed by atoms with E-state index in [0.29, 0.717) is 12.6 Å². The minimum Gasteiger partial charge on any atom is -0.387 e. The van der Waals surface area contributed by atoms with E-state index in [1.165, 1.54) is 5.75 Å². The molecule has 0 aromatic heterocycles. The quantitative estimate of drug-likeness (QED) is 0.484. The van der Waals surface area contributed by atoms with Gasteiger partial charge in [0.05, 0.1) is 6.54 Å². The van der Waals surface area contributed by atoms with Gasteiger partial charge in [0, 0.05) is 6.04 Å². The molecule has 0 aromatic carbocycles. The fourth-order valence-corrected chi connectivity index (χ4v) is 1.51. The number of amidine groups is 1. The van der Waals surface area contributed by atoms with Gasteiger partial charge in [0.1, 0.15) is 5.84 Å². The summed E-state index contributed by atoms with van der Waals surface area (Å²) >= 11 is 1.85. The summed E-state index contributed by atoms with van der Waals surface area (Å²) in [5.74, 6) is 1.41. The van der Waals surface area contributed by atoms with Crippen molar-refractivity contribution in [3.8, 4) is 0 Å². The molecule has 0 aromatic rings. The molecule has 0 saturated carbocycles. The highest BCUT2D eigenvalue weighted by atomic mass is 32.2. The van der Waals surface area contributed by atoms with Crippen molar-refractivity contribution in [1.82, 2.24) is 4.90 Å². The van der Waals surface area contributed by atoms with E-state index in [0.717, 1.165) is 6.42 Å². The number of thioether (sulfide) groups is 1. The summed E-state index contributed by atoms with van der Waals surface area (Å²) in [4.78, 5) is 2.11. The Morgan fingerprint density at radius 2 is 2.25 bits per heavy atom. The number of nitrogens with two attached hydrogens (primary N) is 1. The molecule has 3 nitrogen and oxygen atoms in total. The smallest absolute Gasteiger partial charge is 0.105 e. The van der Waals surface area contributed by atoms with Crippen LogP contribution in [0.25, 0.3) is 0 Å². The average molecular weight is 189 g/mol. The Morgan fingerprint density at radius 1 is 1.67 bits per heavy atom. The molecule has 0 saturated heterocycles. The van der Waals surface area contributed by atoms with E-state index >= 15 is 0 Å². The predicted octanol–water partition coefficient (Wildman–Crippen LogP) is 0.996. The van der Waals surface area contributed by atoms with Gasteiger partial charge in [-0.05, 0) is 32.4 Å². The van der Waals surface area contributed by atoms with E-state index in [9.17, 15) is 0 Å². The first-order valence-corrected chi connectivity index (χ1v) is 5.49. The Kier molecular flexibility index (Phi) is 6.20. The number of nitrogens with zero attached hydrogens (tertiary/aromatic N) is 1. The van der Waals surface area contributed by atoms with Gasteiger partial charge >= 0.3 is 0 Å². The molecule has 1 atom stereocenters. The molecule has 1 unspecified atom stereocenters. The van der Waals surface area contributed by atoms with Gasteiger partial charge < -0.3 is 5.73 Å². The van der Waals surface area contributed by atoms with Crippen LogP contribution in [-0.4, -0.2) is 42.4 Å². The van der Waals surface area contributed by atoms with E-state index in [2.05, 4.69) is 18.1 Å². The van der Waals surface area contributed by atoms with E-state index < -0.39 is 0 Å². The van der Waals surface area contributed by atoms with Crippen LogP contribution in [0.3, 0.4) is 0 Å². The zero-order chi connectivity index (χ0) is 9.56. The molecule has 0 aliphatic carbocycles. The van der Waals surface area contributed by atoms with Crippen molar-refractivity contribution in [3.63, 3.8) is 0 Å². The van der Waals surface area contributed by atoms with Gasteiger partial charge in [-0.3, -0.25) is 10.3 Å². The molecule has 0 amide bonds. The molecule has 0 fully saturated rings. The molecule has 0 radical (unpaired) electrons. The summed E-state index contributed by atoms with van der Waals surface area (Å²) in [7, 11) is 2.01. The first kappa shape index (κ1) is 11.8. The Labute approximate surface area is 79.2 Å². The molecule has 0 aliphatic rings. The maximum absolute atomic E-state index is 7.13. The normalized spacial score (nSPS) is 13.3. The third-order valence-corrected chi connectivity index (χ3v) is 2.56. The predicted molar refractivity (Wildman–Crippen MR) is 57.0 cm³/mol. The van der Waals surface area contributed by atoms with Crippen LogP contribution >= 0.6 is 11.8 Å². The van der Waals surface area contributed by atoms with Gasteiger partial charge in [0.15, 0.2) is 0 Å². The monoisotopic (exact) mass is 189 g/mol. The summed E-state index contributed by atoms with van der Waals surface area (Å²) in [6, 6.07) is 0.515. The molecule has 0 heterocycles. The molecular weight excluding hydrogens is 170 g/mol. The van der Waals surface area contributed by atoms with Gasteiger partial charge in [-0.2, -0.15) is 11.8 Å². The van der Waals surface area contributed by atoms with Crippen LogP contribution in [0.4, 0.5) is 0 Å². The van der Waals surface area contributed by atoms with Crippen LogP contribution in [0.15, 0.2) is 0 Å². The molecule has 3 N–H and O–H groups in total. The van der Waals surface area contributed by atoms with Crippen LogP contribution in [0, 0.1) is 5.41 Å². The highest BCUT2D eigenvalue weighted by Crippen LogP contribution is 2.04. The molecule has 0 rings (SSSR count). The summed E-state index contributed by atoms with van der Waals surface area (Å²) in [6.07, 6.45) is 3.27. The van der Waals surface area contributed by atoms with Gasteiger partial charge in [0.2, 0.25) is 0 Å². The van der Waals surface area contributed by atoms with Crippen molar-refractivity contribution in [2.24, 2.45) is 5.73 Å². The van der Waals surface area contributed by atoms with Crippen molar-refractivity contribution >= 4 is 17.6 Å². The largest absolute Gasteiger partial charge is 0.387 e. The van der Waals surface area contributed by atoms with Crippen LogP contribution in [0.2, 0.25) is 0 Å². The summed E-state index contributed by atoms with van der Waals surface area (Å²) < 4.78 is 0. The van der Waals surface area contributed by atoms with Gasteiger partial charge in [-0.1, -0.05) is 0 Å².